The summed E-state index contributed by atoms with van der Waals surface area (Å²) >= 11 is 0. The summed E-state index contributed by atoms with van der Waals surface area (Å²) in [5.74, 6) is 1.43. The number of benzene rings is 1. The van der Waals surface area contributed by atoms with Crippen LogP contribution in [0.2, 0.25) is 0 Å². The van der Waals surface area contributed by atoms with Crippen molar-refractivity contribution in [2.24, 2.45) is 0 Å². The van der Waals surface area contributed by atoms with E-state index >= 15 is 0 Å². The Bertz CT molecular complexity index is 947. The Labute approximate surface area is 141 Å². The van der Waals surface area contributed by atoms with Gasteiger partial charge in [-0.25, -0.2) is 18.4 Å². The van der Waals surface area contributed by atoms with E-state index in [1.165, 1.54) is 6.20 Å². The molecule has 0 aliphatic rings. The summed E-state index contributed by atoms with van der Waals surface area (Å²) in [4.78, 5) is 8.42. The average molecular weight is 342 g/mol. The van der Waals surface area contributed by atoms with Crippen molar-refractivity contribution in [2.75, 3.05) is 4.72 Å². The lowest BCUT2D eigenvalue weighted by molar-refractivity contribution is 0.600. The fraction of sp³-hybridized carbons (Fsp3) is 0.176. The largest absolute Gasteiger partial charge is 0.288 e. The first-order valence-electron chi connectivity index (χ1n) is 7.45. The van der Waals surface area contributed by atoms with Gasteiger partial charge in [-0.15, -0.1) is 0 Å². The number of sulfonamides is 1. The molecule has 2 aromatic heterocycles. The monoisotopic (exact) mass is 342 g/mol. The Balaban J connectivity index is 1.74. The first kappa shape index (κ1) is 16.2. The molecule has 24 heavy (non-hydrogen) atoms. The summed E-state index contributed by atoms with van der Waals surface area (Å²) in [5, 5.41) is 0. The van der Waals surface area contributed by atoms with Crippen molar-refractivity contribution >= 4 is 15.7 Å². The molecule has 3 aromatic rings. The predicted molar refractivity (Wildman–Crippen MR) is 93.5 cm³/mol. The predicted octanol–water partition coefficient (Wildman–Crippen LogP) is 2.83. The van der Waals surface area contributed by atoms with Crippen LogP contribution in [-0.4, -0.2) is 23.0 Å². The number of nitrogens with one attached hydrogen (secondary N) is 1. The van der Waals surface area contributed by atoms with Crippen LogP contribution < -0.4 is 4.72 Å². The van der Waals surface area contributed by atoms with Crippen LogP contribution in [0.4, 0.5) is 5.69 Å². The van der Waals surface area contributed by atoms with E-state index in [0.717, 1.165) is 17.0 Å². The van der Waals surface area contributed by atoms with Crippen molar-refractivity contribution in [3.8, 4) is 5.82 Å². The highest BCUT2D eigenvalue weighted by atomic mass is 32.2. The first-order valence-corrected chi connectivity index (χ1v) is 9.11. The standard InChI is InChI=1S/C17H18N4O2S/c1-13-4-3-5-15(10-13)12-24(22,23)20-16-6-7-17(19-11-16)21-9-8-18-14(21)2/h3-11,20H,12H2,1-2H3. The van der Waals surface area contributed by atoms with Crippen LogP contribution in [0.15, 0.2) is 55.0 Å². The lowest BCUT2D eigenvalue weighted by Gasteiger charge is -2.09. The molecule has 0 spiro atoms. The molecule has 6 nitrogen and oxygen atoms in total. The summed E-state index contributed by atoms with van der Waals surface area (Å²) in [7, 11) is -3.49. The highest BCUT2D eigenvalue weighted by Crippen LogP contribution is 2.15. The second-order valence-electron chi connectivity index (χ2n) is 5.60. The molecule has 2 heterocycles. The minimum absolute atomic E-state index is 0.0724. The molecule has 124 valence electrons. The van der Waals surface area contributed by atoms with Gasteiger partial charge in [0.25, 0.3) is 0 Å². The number of pyridine rings is 1. The molecule has 1 N–H and O–H groups in total. The average Bonchev–Trinajstić information content (AvgIpc) is 2.93. The molecule has 0 fully saturated rings. The maximum absolute atomic E-state index is 12.3. The van der Waals surface area contributed by atoms with E-state index in [1.807, 2.05) is 36.6 Å². The fourth-order valence-corrected chi connectivity index (χ4v) is 3.62. The topological polar surface area (TPSA) is 76.9 Å². The molecule has 0 bridgehead atoms. The van der Waals surface area contributed by atoms with Crippen LogP contribution in [0.1, 0.15) is 17.0 Å². The van der Waals surface area contributed by atoms with Crippen LogP contribution in [0, 0.1) is 13.8 Å². The molecular formula is C17H18N4O2S. The summed E-state index contributed by atoms with van der Waals surface area (Å²) in [6, 6.07) is 10.9. The van der Waals surface area contributed by atoms with E-state index in [9.17, 15) is 8.42 Å². The van der Waals surface area contributed by atoms with E-state index in [4.69, 9.17) is 0 Å². The number of aryl methyl sites for hydroxylation is 2. The van der Waals surface area contributed by atoms with Gasteiger partial charge in [-0.2, -0.15) is 0 Å². The van der Waals surface area contributed by atoms with Crippen LogP contribution in [0.3, 0.4) is 0 Å². The number of rotatable bonds is 5. The maximum Gasteiger partial charge on any atom is 0.236 e. The summed E-state index contributed by atoms with van der Waals surface area (Å²) in [5.41, 5.74) is 2.22. The van der Waals surface area contributed by atoms with Crippen molar-refractivity contribution in [1.82, 2.24) is 14.5 Å². The van der Waals surface area contributed by atoms with Crippen molar-refractivity contribution in [2.45, 2.75) is 19.6 Å². The minimum atomic E-state index is -3.49. The Morgan fingerprint density at radius 3 is 2.58 bits per heavy atom. The number of anilines is 1. The van der Waals surface area contributed by atoms with Crippen molar-refractivity contribution in [3.05, 3.63) is 71.9 Å². The molecule has 0 saturated heterocycles. The van der Waals surface area contributed by atoms with E-state index in [0.29, 0.717) is 11.5 Å². The molecule has 0 aliphatic carbocycles. The highest BCUT2D eigenvalue weighted by molar-refractivity contribution is 7.91. The lowest BCUT2D eigenvalue weighted by atomic mass is 10.2. The van der Waals surface area contributed by atoms with Crippen LogP contribution in [0.5, 0.6) is 0 Å². The summed E-state index contributed by atoms with van der Waals surface area (Å²) in [6.07, 6.45) is 5.00. The van der Waals surface area contributed by atoms with Crippen LogP contribution >= 0.6 is 0 Å². The quantitative estimate of drug-likeness (QED) is 0.773. The van der Waals surface area contributed by atoms with Gasteiger partial charge < -0.3 is 0 Å². The van der Waals surface area contributed by atoms with Gasteiger partial charge in [-0.05, 0) is 31.5 Å². The number of nitrogens with zero attached hydrogens (tertiary/aromatic N) is 3. The zero-order valence-corrected chi connectivity index (χ0v) is 14.3. The molecule has 0 atom stereocenters. The van der Waals surface area contributed by atoms with Gasteiger partial charge in [-0.3, -0.25) is 9.29 Å². The first-order chi connectivity index (χ1) is 11.4. The lowest BCUT2D eigenvalue weighted by Crippen LogP contribution is -2.15. The fourth-order valence-electron chi connectivity index (χ4n) is 2.45. The molecule has 0 aliphatic heterocycles. The SMILES string of the molecule is Cc1cccc(CS(=O)(=O)Nc2ccc(-n3ccnc3C)nc2)c1. The normalized spacial score (nSPS) is 11.4. The number of imidazole rings is 1. The molecule has 0 radical (unpaired) electrons. The third-order valence-corrected chi connectivity index (χ3v) is 4.79. The molecule has 0 unspecified atom stereocenters. The van der Waals surface area contributed by atoms with Gasteiger partial charge in [0, 0.05) is 12.4 Å². The zero-order valence-electron chi connectivity index (χ0n) is 13.5. The minimum Gasteiger partial charge on any atom is -0.288 e. The van der Waals surface area contributed by atoms with E-state index < -0.39 is 10.0 Å². The molecule has 1 aromatic carbocycles. The van der Waals surface area contributed by atoms with Crippen LogP contribution in [-0.2, 0) is 15.8 Å². The summed E-state index contributed by atoms with van der Waals surface area (Å²) in [6.45, 7) is 3.81. The maximum atomic E-state index is 12.3. The van der Waals surface area contributed by atoms with Gasteiger partial charge in [0.05, 0.1) is 17.6 Å². The van der Waals surface area contributed by atoms with E-state index in [-0.39, 0.29) is 5.75 Å². The zero-order chi connectivity index (χ0) is 17.2. The van der Waals surface area contributed by atoms with Gasteiger partial charge in [0.15, 0.2) is 0 Å². The second kappa shape index (κ2) is 6.45. The van der Waals surface area contributed by atoms with Gasteiger partial charge >= 0.3 is 0 Å². The summed E-state index contributed by atoms with van der Waals surface area (Å²) < 4.78 is 29.0. The van der Waals surface area contributed by atoms with Gasteiger partial charge in [-0.1, -0.05) is 29.8 Å². The molecule has 7 heteroatoms. The molecule has 0 amide bonds. The van der Waals surface area contributed by atoms with E-state index in [1.54, 1.807) is 30.6 Å². The van der Waals surface area contributed by atoms with Crippen molar-refractivity contribution < 1.29 is 8.42 Å². The molecule has 3 rings (SSSR count). The Kier molecular flexibility index (Phi) is 4.35. The third-order valence-electron chi connectivity index (χ3n) is 3.53. The number of hydrogen-bond acceptors (Lipinski definition) is 4. The van der Waals surface area contributed by atoms with Crippen molar-refractivity contribution in [3.63, 3.8) is 0 Å². The third kappa shape index (κ3) is 3.80. The molecular weight excluding hydrogens is 324 g/mol. The highest BCUT2D eigenvalue weighted by Gasteiger charge is 2.12. The van der Waals surface area contributed by atoms with Crippen LogP contribution in [0.25, 0.3) is 5.82 Å². The van der Waals surface area contributed by atoms with Gasteiger partial charge in [0.2, 0.25) is 10.0 Å². The Hall–Kier alpha value is -2.67. The number of hydrogen-bond donors (Lipinski definition) is 1. The number of aromatic nitrogens is 3. The van der Waals surface area contributed by atoms with Crippen molar-refractivity contribution in [1.29, 1.82) is 0 Å². The van der Waals surface area contributed by atoms with Gasteiger partial charge in [0.1, 0.15) is 11.6 Å². The smallest absolute Gasteiger partial charge is 0.236 e. The Morgan fingerprint density at radius 1 is 1.12 bits per heavy atom. The van der Waals surface area contributed by atoms with E-state index in [2.05, 4.69) is 14.7 Å². The molecule has 0 saturated carbocycles. The Morgan fingerprint density at radius 2 is 1.96 bits per heavy atom. The second-order valence-corrected chi connectivity index (χ2v) is 7.32.